The second-order valence-corrected chi connectivity index (χ2v) is 5.10. The SMILES string of the molecule is CCNC(=O)C[NH+](CC)[C@@H](C)C(=O)N(C)c1ccccc1. The number of hydrogen-bond acceptors (Lipinski definition) is 2. The van der Waals surface area contributed by atoms with Crippen LogP contribution in [0.3, 0.4) is 0 Å². The van der Waals surface area contributed by atoms with Crippen molar-refractivity contribution < 1.29 is 14.5 Å². The first-order chi connectivity index (χ1) is 10.0. The highest BCUT2D eigenvalue weighted by Crippen LogP contribution is 2.11. The van der Waals surface area contributed by atoms with Gasteiger partial charge >= 0.3 is 0 Å². The average Bonchev–Trinajstić information content (AvgIpc) is 2.51. The molecule has 0 fully saturated rings. The molecule has 1 rings (SSSR count). The smallest absolute Gasteiger partial charge is 0.284 e. The zero-order valence-corrected chi connectivity index (χ0v) is 13.3. The van der Waals surface area contributed by atoms with Gasteiger partial charge in [0.2, 0.25) is 0 Å². The molecular weight excluding hydrogens is 266 g/mol. The van der Waals surface area contributed by atoms with Crippen molar-refractivity contribution in [3.05, 3.63) is 30.3 Å². The van der Waals surface area contributed by atoms with Crippen molar-refractivity contribution >= 4 is 17.5 Å². The van der Waals surface area contributed by atoms with Gasteiger partial charge in [-0.15, -0.1) is 0 Å². The lowest BCUT2D eigenvalue weighted by Gasteiger charge is -2.27. The Balaban J connectivity index is 2.72. The van der Waals surface area contributed by atoms with E-state index in [0.29, 0.717) is 13.1 Å². The van der Waals surface area contributed by atoms with Gasteiger partial charge in [0.05, 0.1) is 6.54 Å². The first-order valence-corrected chi connectivity index (χ1v) is 7.45. The average molecular weight is 292 g/mol. The van der Waals surface area contributed by atoms with Gasteiger partial charge in [-0.25, -0.2) is 0 Å². The van der Waals surface area contributed by atoms with Crippen LogP contribution >= 0.6 is 0 Å². The van der Waals surface area contributed by atoms with E-state index in [4.69, 9.17) is 0 Å². The quantitative estimate of drug-likeness (QED) is 0.748. The van der Waals surface area contributed by atoms with Gasteiger partial charge < -0.3 is 15.1 Å². The molecule has 0 heterocycles. The van der Waals surface area contributed by atoms with E-state index in [0.717, 1.165) is 17.1 Å². The normalized spacial score (nSPS) is 13.3. The van der Waals surface area contributed by atoms with Gasteiger partial charge in [-0.1, -0.05) is 18.2 Å². The van der Waals surface area contributed by atoms with E-state index in [-0.39, 0.29) is 17.9 Å². The summed E-state index contributed by atoms with van der Waals surface area (Å²) in [4.78, 5) is 26.9. The standard InChI is InChI=1S/C16H25N3O2/c1-5-17-15(20)12-19(6-2)13(3)16(21)18(4)14-10-8-7-9-11-14/h7-11,13H,5-6,12H2,1-4H3,(H,17,20)/p+1/t13-/m0/s1. The second-order valence-electron chi connectivity index (χ2n) is 5.10. The summed E-state index contributed by atoms with van der Waals surface area (Å²) in [6, 6.07) is 9.28. The summed E-state index contributed by atoms with van der Waals surface area (Å²) in [5.41, 5.74) is 0.864. The fourth-order valence-corrected chi connectivity index (χ4v) is 2.29. The minimum atomic E-state index is -0.261. The summed E-state index contributed by atoms with van der Waals surface area (Å²) < 4.78 is 0. The molecule has 0 aliphatic carbocycles. The highest BCUT2D eigenvalue weighted by atomic mass is 16.2. The van der Waals surface area contributed by atoms with Crippen molar-refractivity contribution in [2.24, 2.45) is 0 Å². The van der Waals surface area contributed by atoms with E-state index >= 15 is 0 Å². The molecule has 0 saturated carbocycles. The third-order valence-corrected chi connectivity index (χ3v) is 3.67. The topological polar surface area (TPSA) is 53.9 Å². The van der Waals surface area contributed by atoms with Crippen LogP contribution in [0.25, 0.3) is 0 Å². The predicted molar refractivity (Wildman–Crippen MR) is 84.4 cm³/mol. The van der Waals surface area contributed by atoms with E-state index in [1.54, 1.807) is 11.9 Å². The molecule has 0 aromatic heterocycles. The van der Waals surface area contributed by atoms with Gasteiger partial charge in [0.15, 0.2) is 12.6 Å². The van der Waals surface area contributed by atoms with E-state index in [1.807, 2.05) is 51.1 Å². The summed E-state index contributed by atoms with van der Waals surface area (Å²) in [6.45, 7) is 7.41. The Labute approximate surface area is 126 Å². The molecule has 0 radical (unpaired) electrons. The predicted octanol–water partition coefficient (Wildman–Crippen LogP) is 0.0788. The van der Waals surface area contributed by atoms with Crippen molar-refractivity contribution in [2.75, 3.05) is 31.6 Å². The maximum absolute atomic E-state index is 12.6. The molecule has 5 heteroatoms. The summed E-state index contributed by atoms with van der Waals surface area (Å²) in [6.07, 6.45) is 0. The van der Waals surface area contributed by atoms with Crippen molar-refractivity contribution in [3.63, 3.8) is 0 Å². The summed E-state index contributed by atoms with van der Waals surface area (Å²) >= 11 is 0. The van der Waals surface area contributed by atoms with Crippen LogP contribution in [0.4, 0.5) is 5.69 Å². The Hall–Kier alpha value is -1.88. The number of amides is 2. The molecule has 0 saturated heterocycles. The molecule has 2 N–H and O–H groups in total. The fourth-order valence-electron chi connectivity index (χ4n) is 2.29. The number of anilines is 1. The Bertz CT molecular complexity index is 462. The van der Waals surface area contributed by atoms with Gasteiger partial charge in [-0.2, -0.15) is 0 Å². The summed E-state index contributed by atoms with van der Waals surface area (Å²) in [5.74, 6) is -0.00119. The van der Waals surface area contributed by atoms with Crippen LogP contribution in [-0.2, 0) is 9.59 Å². The molecule has 21 heavy (non-hydrogen) atoms. The highest BCUT2D eigenvalue weighted by Gasteiger charge is 2.28. The summed E-state index contributed by atoms with van der Waals surface area (Å²) in [5, 5.41) is 2.78. The zero-order chi connectivity index (χ0) is 15.8. The van der Waals surface area contributed by atoms with E-state index < -0.39 is 0 Å². The molecule has 1 unspecified atom stereocenters. The van der Waals surface area contributed by atoms with Gasteiger partial charge in [0, 0.05) is 19.3 Å². The monoisotopic (exact) mass is 292 g/mol. The Morgan fingerprint density at radius 1 is 1.24 bits per heavy atom. The number of para-hydroxylation sites is 1. The lowest BCUT2D eigenvalue weighted by Crippen LogP contribution is -3.17. The van der Waals surface area contributed by atoms with E-state index in [2.05, 4.69) is 5.32 Å². The van der Waals surface area contributed by atoms with Gasteiger partial charge in [-0.05, 0) is 32.9 Å². The molecule has 2 atom stereocenters. The summed E-state index contributed by atoms with van der Waals surface area (Å²) in [7, 11) is 1.77. The third kappa shape index (κ3) is 4.86. The minimum absolute atomic E-state index is 0.0161. The number of nitrogens with one attached hydrogen (secondary N) is 2. The largest absolute Gasteiger partial charge is 0.351 e. The van der Waals surface area contributed by atoms with Gasteiger partial charge in [-0.3, -0.25) is 9.59 Å². The fraction of sp³-hybridized carbons (Fsp3) is 0.500. The molecule has 0 spiro atoms. The number of likely N-dealkylation sites (N-methyl/N-ethyl adjacent to an activating group) is 3. The van der Waals surface area contributed by atoms with Crippen LogP contribution in [0.15, 0.2) is 30.3 Å². The molecule has 2 amide bonds. The number of nitrogens with zero attached hydrogens (tertiary/aromatic N) is 1. The molecule has 1 aromatic carbocycles. The number of carbonyl (C=O) groups is 2. The number of hydrogen-bond donors (Lipinski definition) is 2. The Morgan fingerprint density at radius 2 is 1.86 bits per heavy atom. The first-order valence-electron chi connectivity index (χ1n) is 7.45. The molecular formula is C16H26N3O2+. The van der Waals surface area contributed by atoms with Crippen molar-refractivity contribution in [1.29, 1.82) is 0 Å². The molecule has 0 aliphatic rings. The number of carbonyl (C=O) groups excluding carboxylic acids is 2. The van der Waals surface area contributed by atoms with Gasteiger partial charge in [0.1, 0.15) is 0 Å². The van der Waals surface area contributed by atoms with E-state index in [1.165, 1.54) is 0 Å². The Kier molecular flexibility index (Phi) is 6.88. The number of rotatable bonds is 7. The molecule has 1 aromatic rings. The first kappa shape index (κ1) is 17.2. The Morgan fingerprint density at radius 3 is 2.38 bits per heavy atom. The highest BCUT2D eigenvalue weighted by molar-refractivity contribution is 5.95. The minimum Gasteiger partial charge on any atom is -0.351 e. The third-order valence-electron chi connectivity index (χ3n) is 3.67. The maximum Gasteiger partial charge on any atom is 0.284 e. The van der Waals surface area contributed by atoms with Crippen LogP contribution in [0.1, 0.15) is 20.8 Å². The lowest BCUT2D eigenvalue weighted by atomic mass is 10.2. The van der Waals surface area contributed by atoms with Crippen molar-refractivity contribution in [1.82, 2.24) is 5.32 Å². The second kappa shape index (κ2) is 8.42. The van der Waals surface area contributed by atoms with Crippen LogP contribution in [0.5, 0.6) is 0 Å². The number of quaternary nitrogens is 1. The molecule has 116 valence electrons. The number of benzene rings is 1. The zero-order valence-electron chi connectivity index (χ0n) is 13.3. The van der Waals surface area contributed by atoms with Gasteiger partial charge in [0.25, 0.3) is 11.8 Å². The molecule has 0 bridgehead atoms. The lowest BCUT2D eigenvalue weighted by molar-refractivity contribution is -0.904. The van der Waals surface area contributed by atoms with Crippen molar-refractivity contribution in [2.45, 2.75) is 26.8 Å². The maximum atomic E-state index is 12.6. The van der Waals surface area contributed by atoms with Crippen molar-refractivity contribution in [3.8, 4) is 0 Å². The van der Waals surface area contributed by atoms with Crippen LogP contribution in [-0.4, -0.2) is 44.5 Å². The van der Waals surface area contributed by atoms with E-state index in [9.17, 15) is 9.59 Å². The molecule has 5 nitrogen and oxygen atoms in total. The van der Waals surface area contributed by atoms with Crippen LogP contribution in [0.2, 0.25) is 0 Å². The molecule has 0 aliphatic heterocycles. The van der Waals surface area contributed by atoms with Crippen LogP contribution in [0, 0.1) is 0 Å². The van der Waals surface area contributed by atoms with Crippen LogP contribution < -0.4 is 15.1 Å².